The van der Waals surface area contributed by atoms with E-state index in [-0.39, 0.29) is 13.0 Å². The van der Waals surface area contributed by atoms with E-state index in [0.29, 0.717) is 0 Å². The Morgan fingerprint density at radius 1 is 1.31 bits per heavy atom. The zero-order chi connectivity index (χ0) is 11.9. The summed E-state index contributed by atoms with van der Waals surface area (Å²) in [6.07, 6.45) is -0.332. The molecule has 0 N–H and O–H groups in total. The molecule has 0 saturated heterocycles. The van der Waals surface area contributed by atoms with Gasteiger partial charge in [0.2, 0.25) is 0 Å². The second-order valence-corrected chi connectivity index (χ2v) is 5.40. The average Bonchev–Trinajstić information content (AvgIpc) is 2.35. The van der Waals surface area contributed by atoms with Crippen molar-refractivity contribution in [2.24, 2.45) is 0 Å². The third kappa shape index (κ3) is 4.52. The maximum Gasteiger partial charge on any atom is 0.357 e. The molecular formula is C9H12O5P2. The Labute approximate surface area is 95.5 Å². The van der Waals surface area contributed by atoms with Crippen LogP contribution >= 0.6 is 16.3 Å². The highest BCUT2D eigenvalue weighted by molar-refractivity contribution is 7.53. The van der Waals surface area contributed by atoms with Crippen LogP contribution in [0.5, 0.6) is 0 Å². The van der Waals surface area contributed by atoms with Crippen molar-refractivity contribution in [2.45, 2.75) is 6.61 Å². The molecular weight excluding hydrogens is 250 g/mol. The van der Waals surface area contributed by atoms with Gasteiger partial charge in [-0.2, -0.15) is 0 Å². The van der Waals surface area contributed by atoms with Crippen LogP contribution in [0, 0.1) is 0 Å². The largest absolute Gasteiger partial charge is 0.357 e. The second-order valence-electron chi connectivity index (χ2n) is 2.89. The second kappa shape index (κ2) is 6.89. The predicted molar refractivity (Wildman–Crippen MR) is 59.4 cm³/mol. The molecule has 0 radical (unpaired) electrons. The van der Waals surface area contributed by atoms with Crippen LogP contribution in [0.1, 0.15) is 5.56 Å². The molecule has 0 aliphatic carbocycles. The van der Waals surface area contributed by atoms with Crippen LogP contribution in [0.3, 0.4) is 0 Å². The lowest BCUT2D eigenvalue weighted by atomic mass is 10.2. The lowest BCUT2D eigenvalue weighted by Gasteiger charge is -2.14. The summed E-state index contributed by atoms with van der Waals surface area (Å²) in [5.41, 5.74) is 0.874. The van der Waals surface area contributed by atoms with Gasteiger partial charge in [0.25, 0.3) is 0 Å². The molecule has 0 aromatic heterocycles. The fraction of sp³-hybridized carbons (Fsp3) is 0.333. The van der Waals surface area contributed by atoms with Crippen molar-refractivity contribution in [1.82, 2.24) is 0 Å². The van der Waals surface area contributed by atoms with Crippen molar-refractivity contribution in [1.29, 1.82) is 0 Å². The Kier molecular flexibility index (Phi) is 5.81. The fourth-order valence-electron chi connectivity index (χ4n) is 0.984. The summed E-state index contributed by atoms with van der Waals surface area (Å²) in [4.78, 5) is 0. The summed E-state index contributed by atoms with van der Waals surface area (Å²) < 4.78 is 36.2. The molecule has 0 spiro atoms. The molecule has 0 aliphatic heterocycles. The lowest BCUT2D eigenvalue weighted by Crippen LogP contribution is -1.98. The summed E-state index contributed by atoms with van der Waals surface area (Å²) in [7, 11) is -2.60. The zero-order valence-corrected chi connectivity index (χ0v) is 10.5. The quantitative estimate of drug-likeness (QED) is 0.706. The van der Waals surface area contributed by atoms with Crippen LogP contribution in [-0.2, 0) is 29.3 Å². The van der Waals surface area contributed by atoms with Gasteiger partial charge in [-0.05, 0) is 5.56 Å². The molecule has 1 aromatic rings. The van der Waals surface area contributed by atoms with Crippen LogP contribution in [-0.4, -0.2) is 13.5 Å². The number of hydrogen-bond acceptors (Lipinski definition) is 5. The van der Waals surface area contributed by atoms with Crippen molar-refractivity contribution < 1.29 is 22.7 Å². The predicted octanol–water partition coefficient (Wildman–Crippen LogP) is 3.22. The summed E-state index contributed by atoms with van der Waals surface area (Å²) in [6, 6.07) is 9.25. The molecule has 0 saturated carbocycles. The summed E-state index contributed by atoms with van der Waals surface area (Å²) in [6.45, 7) is 0.158. The number of hydrogen-bond donors (Lipinski definition) is 0. The smallest absolute Gasteiger partial charge is 0.310 e. The van der Waals surface area contributed by atoms with E-state index in [0.717, 1.165) is 5.56 Å². The topological polar surface area (TPSA) is 61.8 Å². The minimum Gasteiger partial charge on any atom is -0.310 e. The van der Waals surface area contributed by atoms with Gasteiger partial charge in [0.15, 0.2) is 6.35 Å². The standard InChI is InChI=1S/C9H12O5P2/c1-12-16(11,8-13-15-10)14-7-9-5-3-2-4-6-9/h2-6H,7-8H2,1H3. The fourth-order valence-corrected chi connectivity index (χ4v) is 2.37. The van der Waals surface area contributed by atoms with Crippen molar-refractivity contribution in [3.8, 4) is 0 Å². The minimum absolute atomic E-state index is 0.158. The Morgan fingerprint density at radius 3 is 2.56 bits per heavy atom. The van der Waals surface area contributed by atoms with E-state index in [4.69, 9.17) is 9.05 Å². The lowest BCUT2D eigenvalue weighted by molar-refractivity contribution is 0.205. The maximum absolute atomic E-state index is 11.8. The molecule has 16 heavy (non-hydrogen) atoms. The minimum atomic E-state index is -3.31. The number of rotatable bonds is 7. The van der Waals surface area contributed by atoms with Crippen molar-refractivity contribution in [3.05, 3.63) is 35.9 Å². The monoisotopic (exact) mass is 262 g/mol. The van der Waals surface area contributed by atoms with E-state index in [1.807, 2.05) is 30.3 Å². The van der Waals surface area contributed by atoms with Gasteiger partial charge in [-0.25, -0.2) is 4.57 Å². The van der Waals surface area contributed by atoms with Gasteiger partial charge >= 0.3 is 16.3 Å². The van der Waals surface area contributed by atoms with Crippen molar-refractivity contribution in [3.63, 3.8) is 0 Å². The van der Waals surface area contributed by atoms with Gasteiger partial charge in [-0.3, -0.25) is 9.09 Å². The SMILES string of the molecule is COP(=O)(COP=O)OCc1ccccc1. The van der Waals surface area contributed by atoms with Gasteiger partial charge in [-0.1, -0.05) is 30.3 Å². The van der Waals surface area contributed by atoms with Crippen LogP contribution in [0.4, 0.5) is 0 Å². The highest BCUT2D eigenvalue weighted by atomic mass is 31.2. The van der Waals surface area contributed by atoms with Gasteiger partial charge in [0.05, 0.1) is 6.61 Å². The van der Waals surface area contributed by atoms with E-state index in [2.05, 4.69) is 4.52 Å². The maximum atomic E-state index is 11.8. The molecule has 1 unspecified atom stereocenters. The van der Waals surface area contributed by atoms with Crippen molar-refractivity contribution in [2.75, 3.05) is 13.5 Å². The first-order valence-corrected chi connectivity index (χ1v) is 6.94. The Hall–Kier alpha value is -0.570. The third-order valence-corrected chi connectivity index (χ3v) is 3.78. The molecule has 0 bridgehead atoms. The molecule has 1 atom stereocenters. The van der Waals surface area contributed by atoms with Crippen LogP contribution in [0.25, 0.3) is 0 Å². The first-order valence-electron chi connectivity index (χ1n) is 4.48. The van der Waals surface area contributed by atoms with Gasteiger partial charge in [0, 0.05) is 7.11 Å². The van der Waals surface area contributed by atoms with Crippen molar-refractivity contribution >= 4 is 16.3 Å². The Bertz CT molecular complexity index is 367. The van der Waals surface area contributed by atoms with E-state index in [1.165, 1.54) is 7.11 Å². The molecule has 0 amide bonds. The van der Waals surface area contributed by atoms with Gasteiger partial charge in [0.1, 0.15) is 0 Å². The summed E-state index contributed by atoms with van der Waals surface area (Å²) in [5.74, 6) is 0. The molecule has 0 heterocycles. The summed E-state index contributed by atoms with van der Waals surface area (Å²) >= 11 is 0. The average molecular weight is 262 g/mol. The molecule has 7 heteroatoms. The highest BCUT2D eigenvalue weighted by Crippen LogP contribution is 2.48. The first kappa shape index (κ1) is 13.5. The highest BCUT2D eigenvalue weighted by Gasteiger charge is 2.23. The normalized spacial score (nSPS) is 14.8. The zero-order valence-electron chi connectivity index (χ0n) is 8.74. The molecule has 0 fully saturated rings. The van der Waals surface area contributed by atoms with Crippen LogP contribution in [0.15, 0.2) is 30.3 Å². The first-order chi connectivity index (χ1) is 7.70. The third-order valence-electron chi connectivity index (χ3n) is 1.82. The summed E-state index contributed by atoms with van der Waals surface area (Å²) in [5, 5.41) is 0. The van der Waals surface area contributed by atoms with E-state index in [9.17, 15) is 9.13 Å². The van der Waals surface area contributed by atoms with Crippen LogP contribution in [0.2, 0.25) is 0 Å². The molecule has 1 rings (SSSR count). The molecule has 1 aromatic carbocycles. The van der Waals surface area contributed by atoms with Gasteiger partial charge < -0.3 is 9.05 Å². The molecule has 88 valence electrons. The van der Waals surface area contributed by atoms with E-state index >= 15 is 0 Å². The molecule has 5 nitrogen and oxygen atoms in total. The van der Waals surface area contributed by atoms with E-state index < -0.39 is 16.3 Å². The number of benzene rings is 1. The Morgan fingerprint density at radius 2 is 2.00 bits per heavy atom. The van der Waals surface area contributed by atoms with Crippen LogP contribution < -0.4 is 0 Å². The Balaban J connectivity index is 2.51. The molecule has 0 aliphatic rings. The van der Waals surface area contributed by atoms with Gasteiger partial charge in [-0.15, -0.1) is 0 Å². The van der Waals surface area contributed by atoms with E-state index in [1.54, 1.807) is 0 Å².